The molecule has 0 bridgehead atoms. The van der Waals surface area contributed by atoms with Crippen LogP contribution in [0, 0.1) is 11.3 Å². The predicted octanol–water partition coefficient (Wildman–Crippen LogP) is 6.80. The van der Waals surface area contributed by atoms with Crippen LogP contribution in [0.25, 0.3) is 0 Å². The number of allylic oxidation sites excluding steroid dienone is 5. The van der Waals surface area contributed by atoms with Gasteiger partial charge in [0.25, 0.3) is 0 Å². The van der Waals surface area contributed by atoms with Crippen molar-refractivity contribution in [2.45, 2.75) is 18.9 Å². The molecule has 1 heterocycles. The van der Waals surface area contributed by atoms with Gasteiger partial charge >= 0.3 is 0 Å². The van der Waals surface area contributed by atoms with Crippen molar-refractivity contribution in [1.29, 1.82) is 5.26 Å². The molecule has 0 amide bonds. The molecule has 2 aromatic carbocycles. The summed E-state index contributed by atoms with van der Waals surface area (Å²) in [6, 6.07) is 15.4. The number of halogens is 2. The molecule has 1 aliphatic heterocycles. The van der Waals surface area contributed by atoms with Gasteiger partial charge in [0.05, 0.1) is 10.0 Å². The number of nitrogens with zero attached hydrogens (tertiary/aromatic N) is 1. The Morgan fingerprint density at radius 1 is 1.07 bits per heavy atom. The molecule has 150 valence electrons. The molecule has 0 saturated heterocycles. The Balaban J connectivity index is 1.45. The van der Waals surface area contributed by atoms with Gasteiger partial charge in [0.1, 0.15) is 30.9 Å². The van der Waals surface area contributed by atoms with Crippen LogP contribution in [0.15, 0.2) is 90.3 Å². The molecular weight excluding hydrogens is 421 g/mol. The molecule has 2 aliphatic rings. The second-order valence-corrected chi connectivity index (χ2v) is 7.57. The summed E-state index contributed by atoms with van der Waals surface area (Å²) in [5.41, 5.74) is 3.02. The quantitative estimate of drug-likeness (QED) is 0.516. The Morgan fingerprint density at radius 2 is 1.90 bits per heavy atom. The second-order valence-electron chi connectivity index (χ2n) is 6.76. The molecule has 0 fully saturated rings. The van der Waals surface area contributed by atoms with Crippen molar-refractivity contribution in [3.05, 3.63) is 111 Å². The van der Waals surface area contributed by atoms with Crippen LogP contribution in [0.1, 0.15) is 23.5 Å². The average Bonchev–Trinajstić information content (AvgIpc) is 2.80. The molecule has 30 heavy (non-hydrogen) atoms. The van der Waals surface area contributed by atoms with Crippen molar-refractivity contribution < 1.29 is 14.2 Å². The minimum atomic E-state index is 0.0898. The maximum atomic E-state index is 9.07. The molecule has 0 radical (unpaired) electrons. The van der Waals surface area contributed by atoms with Crippen molar-refractivity contribution in [3.63, 3.8) is 0 Å². The van der Waals surface area contributed by atoms with E-state index in [1.165, 1.54) is 12.5 Å². The number of benzene rings is 2. The number of nitriles is 1. The minimum absolute atomic E-state index is 0.0898. The maximum absolute atomic E-state index is 9.07. The van der Waals surface area contributed by atoms with E-state index in [-0.39, 0.29) is 11.7 Å². The van der Waals surface area contributed by atoms with Gasteiger partial charge in [0.15, 0.2) is 5.76 Å². The highest BCUT2D eigenvalue weighted by molar-refractivity contribution is 6.42. The standard InChI is InChI=1S/C24H17Cl2NO3/c25-22-10-5-16(11-23(22)26)13-29-18-8-6-17(7-9-18)20-3-1-2-4-21(20)24-15-28-14-19(12-27)30-24/h1-2,4-11,14-15,20H,3,13H2/t20-/m0/s1. The summed E-state index contributed by atoms with van der Waals surface area (Å²) in [6.07, 6.45) is 9.70. The summed E-state index contributed by atoms with van der Waals surface area (Å²) >= 11 is 12.0. The van der Waals surface area contributed by atoms with Crippen molar-refractivity contribution in [1.82, 2.24) is 0 Å². The average molecular weight is 438 g/mol. The zero-order valence-electron chi connectivity index (χ0n) is 15.8. The van der Waals surface area contributed by atoms with E-state index in [2.05, 4.69) is 6.08 Å². The predicted molar refractivity (Wildman–Crippen MR) is 116 cm³/mol. The van der Waals surface area contributed by atoms with Crippen LogP contribution < -0.4 is 4.74 Å². The molecule has 0 N–H and O–H groups in total. The molecular formula is C24H17Cl2NO3. The van der Waals surface area contributed by atoms with Crippen LogP contribution >= 0.6 is 23.2 Å². The van der Waals surface area contributed by atoms with Gasteiger partial charge in [0, 0.05) is 11.5 Å². The molecule has 1 atom stereocenters. The first-order chi connectivity index (χ1) is 14.6. The van der Waals surface area contributed by atoms with Crippen LogP contribution in [0.2, 0.25) is 10.0 Å². The van der Waals surface area contributed by atoms with E-state index in [4.69, 9.17) is 42.7 Å². The maximum Gasteiger partial charge on any atom is 0.239 e. The molecule has 0 saturated carbocycles. The number of hydrogen-bond donors (Lipinski definition) is 0. The second kappa shape index (κ2) is 9.13. The third-order valence-electron chi connectivity index (χ3n) is 4.80. The smallest absolute Gasteiger partial charge is 0.239 e. The molecule has 6 heteroatoms. The third kappa shape index (κ3) is 4.54. The van der Waals surface area contributed by atoms with Gasteiger partial charge in [-0.3, -0.25) is 0 Å². The molecule has 0 unspecified atom stereocenters. The largest absolute Gasteiger partial charge is 0.489 e. The zero-order chi connectivity index (χ0) is 20.9. The van der Waals surface area contributed by atoms with E-state index in [1.54, 1.807) is 12.1 Å². The number of rotatable bonds is 5. The van der Waals surface area contributed by atoms with Crippen molar-refractivity contribution >= 4 is 23.2 Å². The van der Waals surface area contributed by atoms with E-state index >= 15 is 0 Å². The topological polar surface area (TPSA) is 51.5 Å². The highest BCUT2D eigenvalue weighted by Crippen LogP contribution is 2.38. The summed E-state index contributed by atoms with van der Waals surface area (Å²) in [6.45, 7) is 0.398. The lowest BCUT2D eigenvalue weighted by Crippen LogP contribution is -2.11. The molecule has 0 aromatic heterocycles. The van der Waals surface area contributed by atoms with Gasteiger partial charge in [-0.05, 0) is 41.8 Å². The van der Waals surface area contributed by atoms with Gasteiger partial charge in [-0.1, -0.05) is 59.6 Å². The number of hydrogen-bond acceptors (Lipinski definition) is 4. The normalized spacial score (nSPS) is 17.6. The van der Waals surface area contributed by atoms with E-state index in [0.717, 1.165) is 28.9 Å². The first-order valence-corrected chi connectivity index (χ1v) is 10.1. The Hall–Kier alpha value is -3.13. The van der Waals surface area contributed by atoms with Gasteiger partial charge in [-0.2, -0.15) is 5.26 Å². The molecule has 1 aliphatic carbocycles. The van der Waals surface area contributed by atoms with Crippen LogP contribution in [0.5, 0.6) is 5.75 Å². The highest BCUT2D eigenvalue weighted by atomic mass is 35.5. The van der Waals surface area contributed by atoms with Crippen LogP contribution in [0.3, 0.4) is 0 Å². The monoisotopic (exact) mass is 437 g/mol. The lowest BCUT2D eigenvalue weighted by atomic mass is 9.84. The summed E-state index contributed by atoms with van der Waals surface area (Å²) in [7, 11) is 0. The van der Waals surface area contributed by atoms with Gasteiger partial charge < -0.3 is 14.2 Å². The minimum Gasteiger partial charge on any atom is -0.489 e. The fourth-order valence-electron chi connectivity index (χ4n) is 3.29. The Morgan fingerprint density at radius 3 is 2.67 bits per heavy atom. The zero-order valence-corrected chi connectivity index (χ0v) is 17.4. The summed E-state index contributed by atoms with van der Waals surface area (Å²) in [5, 5.41) is 10.1. The lowest BCUT2D eigenvalue weighted by Gasteiger charge is -2.25. The summed E-state index contributed by atoms with van der Waals surface area (Å²) in [5.74, 6) is 1.52. The lowest BCUT2D eigenvalue weighted by molar-refractivity contribution is 0.241. The number of ether oxygens (including phenoxy) is 3. The van der Waals surface area contributed by atoms with E-state index in [0.29, 0.717) is 22.4 Å². The van der Waals surface area contributed by atoms with Crippen molar-refractivity contribution in [3.8, 4) is 11.8 Å². The van der Waals surface area contributed by atoms with Crippen LogP contribution in [-0.2, 0) is 16.1 Å². The van der Waals surface area contributed by atoms with Crippen LogP contribution in [0.4, 0.5) is 0 Å². The molecule has 0 spiro atoms. The van der Waals surface area contributed by atoms with E-state index in [1.807, 2.05) is 48.6 Å². The van der Waals surface area contributed by atoms with Crippen LogP contribution in [-0.4, -0.2) is 0 Å². The highest BCUT2D eigenvalue weighted by Gasteiger charge is 2.24. The Bertz CT molecular complexity index is 1110. The summed E-state index contributed by atoms with van der Waals surface area (Å²) < 4.78 is 16.8. The third-order valence-corrected chi connectivity index (χ3v) is 5.53. The van der Waals surface area contributed by atoms with Crippen molar-refractivity contribution in [2.24, 2.45) is 0 Å². The molecule has 4 rings (SSSR count). The first-order valence-electron chi connectivity index (χ1n) is 9.31. The Kier molecular flexibility index (Phi) is 6.13. The fourth-order valence-corrected chi connectivity index (χ4v) is 3.61. The van der Waals surface area contributed by atoms with Gasteiger partial charge in [-0.15, -0.1) is 0 Å². The van der Waals surface area contributed by atoms with Gasteiger partial charge in [0.2, 0.25) is 5.76 Å². The molecule has 2 aromatic rings. The Labute approximate surface area is 184 Å². The van der Waals surface area contributed by atoms with E-state index in [9.17, 15) is 0 Å². The summed E-state index contributed by atoms with van der Waals surface area (Å²) in [4.78, 5) is 0. The van der Waals surface area contributed by atoms with Gasteiger partial charge in [-0.25, -0.2) is 0 Å². The molecule has 4 nitrogen and oxygen atoms in total. The fraction of sp³-hybridized carbons (Fsp3) is 0.125. The first kappa shape index (κ1) is 20.2. The van der Waals surface area contributed by atoms with Crippen molar-refractivity contribution in [2.75, 3.05) is 0 Å². The van der Waals surface area contributed by atoms with E-state index < -0.39 is 0 Å². The SMILES string of the molecule is N#CC1=COC=C(C2=CC=CC[C@H]2c2ccc(OCc3ccc(Cl)c(Cl)c3)cc2)O1.